The summed E-state index contributed by atoms with van der Waals surface area (Å²) in [5.74, 6) is -0.156. The van der Waals surface area contributed by atoms with Gasteiger partial charge in [0.05, 0.1) is 17.8 Å². The lowest BCUT2D eigenvalue weighted by Gasteiger charge is -2.33. The van der Waals surface area contributed by atoms with Crippen LogP contribution in [-0.2, 0) is 17.6 Å². The van der Waals surface area contributed by atoms with Crippen LogP contribution in [0.5, 0.6) is 0 Å². The van der Waals surface area contributed by atoms with Crippen LogP contribution in [0.3, 0.4) is 0 Å². The molecule has 3 N–H and O–H groups in total. The van der Waals surface area contributed by atoms with Crippen LogP contribution < -0.4 is 10.6 Å². The van der Waals surface area contributed by atoms with Crippen LogP contribution in [0.25, 0.3) is 0 Å². The fourth-order valence-corrected chi connectivity index (χ4v) is 4.70. The van der Waals surface area contributed by atoms with Gasteiger partial charge in [-0.15, -0.1) is 0 Å². The smallest absolute Gasteiger partial charge is 0.307 e. The fraction of sp³-hybridized carbons (Fsp3) is 0.333. The zero-order valence-electron chi connectivity index (χ0n) is 18.7. The first kappa shape index (κ1) is 22.0. The van der Waals surface area contributed by atoms with Crippen LogP contribution in [0, 0.1) is 12.8 Å². The van der Waals surface area contributed by atoms with Gasteiger partial charge in [-0.3, -0.25) is 9.78 Å². The van der Waals surface area contributed by atoms with E-state index in [1.807, 2.05) is 24.4 Å². The predicted molar refractivity (Wildman–Crippen MR) is 128 cm³/mol. The van der Waals surface area contributed by atoms with Gasteiger partial charge >= 0.3 is 5.97 Å². The van der Waals surface area contributed by atoms with Crippen molar-refractivity contribution >= 4 is 11.7 Å². The highest BCUT2D eigenvalue weighted by molar-refractivity contribution is 5.70. The third kappa shape index (κ3) is 5.17. The van der Waals surface area contributed by atoms with Gasteiger partial charge in [0.2, 0.25) is 0 Å². The van der Waals surface area contributed by atoms with Crippen molar-refractivity contribution in [1.29, 1.82) is 0 Å². The average Bonchev–Trinajstić information content (AvgIpc) is 2.80. The summed E-state index contributed by atoms with van der Waals surface area (Å²) in [5.41, 5.74) is 6.79. The Morgan fingerprint density at radius 3 is 2.78 bits per heavy atom. The number of benzene rings is 2. The summed E-state index contributed by atoms with van der Waals surface area (Å²) in [7, 11) is 0. The SMILES string of the molecule is Cc1ccc(CC(=O)O)cc1C(C)CN[C@H](c1ccccc1)[C@H]1CNc2cccnc2C1. The second-order valence-corrected chi connectivity index (χ2v) is 8.80. The second-order valence-electron chi connectivity index (χ2n) is 8.80. The lowest BCUT2D eigenvalue weighted by Crippen LogP contribution is -2.37. The number of nitrogens with one attached hydrogen (secondary N) is 2. The van der Waals surface area contributed by atoms with Gasteiger partial charge in [0.25, 0.3) is 0 Å². The Hall–Kier alpha value is -3.18. The summed E-state index contributed by atoms with van der Waals surface area (Å²) in [6, 6.07) is 20.9. The molecule has 3 aromatic rings. The Kier molecular flexibility index (Phi) is 6.86. The molecule has 0 radical (unpaired) electrons. The van der Waals surface area contributed by atoms with E-state index in [9.17, 15) is 4.79 Å². The van der Waals surface area contributed by atoms with Gasteiger partial charge in [-0.2, -0.15) is 0 Å². The Bertz CT molecular complexity index is 1070. The topological polar surface area (TPSA) is 74.2 Å². The van der Waals surface area contributed by atoms with Crippen molar-refractivity contribution in [1.82, 2.24) is 10.3 Å². The highest BCUT2D eigenvalue weighted by Gasteiger charge is 2.28. The van der Waals surface area contributed by atoms with Crippen LogP contribution in [0.4, 0.5) is 5.69 Å². The minimum Gasteiger partial charge on any atom is -0.481 e. The number of rotatable bonds is 8. The largest absolute Gasteiger partial charge is 0.481 e. The first-order chi connectivity index (χ1) is 15.5. The maximum atomic E-state index is 11.1. The number of carboxylic acids is 1. The standard InChI is InChI=1S/C27H31N3O2/c1-18-10-11-20(14-26(31)32)13-23(18)19(2)16-30-27(21-7-4-3-5-8-21)22-15-25-24(29-17-22)9-6-12-28-25/h3-13,19,22,27,29-30H,14-17H2,1-2H3,(H,31,32)/t19?,22-,27-/m1/s1. The Balaban J connectivity index is 1.52. The zero-order valence-corrected chi connectivity index (χ0v) is 18.7. The molecule has 2 aromatic carbocycles. The molecule has 1 unspecified atom stereocenters. The molecule has 2 heterocycles. The quantitative estimate of drug-likeness (QED) is 0.482. The molecule has 5 nitrogen and oxygen atoms in total. The Morgan fingerprint density at radius 1 is 1.19 bits per heavy atom. The molecule has 1 aliphatic heterocycles. The zero-order chi connectivity index (χ0) is 22.5. The maximum absolute atomic E-state index is 11.1. The monoisotopic (exact) mass is 429 g/mol. The second kappa shape index (κ2) is 9.96. The van der Waals surface area contributed by atoms with E-state index in [0.29, 0.717) is 5.92 Å². The van der Waals surface area contributed by atoms with Crippen molar-refractivity contribution in [3.8, 4) is 0 Å². The summed E-state index contributed by atoms with van der Waals surface area (Å²) < 4.78 is 0. The van der Waals surface area contributed by atoms with Crippen molar-refractivity contribution in [3.63, 3.8) is 0 Å². The maximum Gasteiger partial charge on any atom is 0.307 e. The third-order valence-corrected chi connectivity index (χ3v) is 6.40. The highest BCUT2D eigenvalue weighted by atomic mass is 16.4. The van der Waals surface area contributed by atoms with Crippen LogP contribution in [0.2, 0.25) is 0 Å². The molecule has 166 valence electrons. The van der Waals surface area contributed by atoms with Gasteiger partial charge in [0.1, 0.15) is 0 Å². The van der Waals surface area contributed by atoms with Crippen LogP contribution in [-0.4, -0.2) is 29.1 Å². The summed E-state index contributed by atoms with van der Waals surface area (Å²) in [6.45, 7) is 6.01. The van der Waals surface area contributed by atoms with Gasteiger partial charge in [0, 0.05) is 31.2 Å². The van der Waals surface area contributed by atoms with Gasteiger partial charge in [-0.05, 0) is 53.6 Å². The summed E-state index contributed by atoms with van der Waals surface area (Å²) in [5, 5.41) is 16.6. The number of carbonyl (C=O) groups is 1. The molecule has 1 aromatic heterocycles. The Morgan fingerprint density at radius 2 is 2.00 bits per heavy atom. The molecular weight excluding hydrogens is 398 g/mol. The number of aryl methyl sites for hydroxylation is 1. The van der Waals surface area contributed by atoms with E-state index in [2.05, 4.69) is 71.9 Å². The average molecular weight is 430 g/mol. The van der Waals surface area contributed by atoms with Crippen molar-refractivity contribution in [3.05, 3.63) is 94.8 Å². The summed E-state index contributed by atoms with van der Waals surface area (Å²) in [4.78, 5) is 15.7. The summed E-state index contributed by atoms with van der Waals surface area (Å²) in [6.07, 6.45) is 2.85. The molecule has 32 heavy (non-hydrogen) atoms. The molecule has 0 fully saturated rings. The fourth-order valence-electron chi connectivity index (χ4n) is 4.70. The lowest BCUT2D eigenvalue weighted by atomic mass is 9.85. The molecule has 5 heteroatoms. The van der Waals surface area contributed by atoms with E-state index in [-0.39, 0.29) is 18.4 Å². The van der Waals surface area contributed by atoms with Crippen molar-refractivity contribution in [2.75, 3.05) is 18.4 Å². The van der Waals surface area contributed by atoms with Crippen LogP contribution >= 0.6 is 0 Å². The van der Waals surface area contributed by atoms with E-state index in [4.69, 9.17) is 5.11 Å². The predicted octanol–water partition coefficient (Wildman–Crippen LogP) is 4.74. The molecule has 0 amide bonds. The number of nitrogens with zero attached hydrogens (tertiary/aromatic N) is 1. The lowest BCUT2D eigenvalue weighted by molar-refractivity contribution is -0.136. The van der Waals surface area contributed by atoms with Crippen molar-refractivity contribution in [2.45, 2.75) is 38.6 Å². The number of hydrogen-bond donors (Lipinski definition) is 3. The molecule has 0 saturated heterocycles. The molecule has 0 aliphatic carbocycles. The van der Waals surface area contributed by atoms with E-state index < -0.39 is 5.97 Å². The number of anilines is 1. The number of pyridine rings is 1. The minimum atomic E-state index is -0.798. The molecule has 0 bridgehead atoms. The third-order valence-electron chi connectivity index (χ3n) is 6.40. The molecule has 1 aliphatic rings. The first-order valence-electron chi connectivity index (χ1n) is 11.3. The van der Waals surface area contributed by atoms with Crippen LogP contribution in [0.15, 0.2) is 66.9 Å². The molecular formula is C27H31N3O2. The first-order valence-corrected chi connectivity index (χ1v) is 11.3. The van der Waals surface area contributed by atoms with Gasteiger partial charge in [0.15, 0.2) is 0 Å². The van der Waals surface area contributed by atoms with E-state index in [1.165, 1.54) is 16.7 Å². The van der Waals surface area contributed by atoms with Gasteiger partial charge in [-0.1, -0.05) is 55.5 Å². The van der Waals surface area contributed by atoms with Crippen molar-refractivity contribution < 1.29 is 9.90 Å². The molecule has 0 spiro atoms. The van der Waals surface area contributed by atoms with Gasteiger partial charge in [-0.25, -0.2) is 0 Å². The number of aromatic nitrogens is 1. The van der Waals surface area contributed by atoms with Crippen molar-refractivity contribution in [2.24, 2.45) is 5.92 Å². The summed E-state index contributed by atoms with van der Waals surface area (Å²) >= 11 is 0. The van der Waals surface area contributed by atoms with E-state index in [0.717, 1.165) is 36.5 Å². The molecule has 4 rings (SSSR count). The number of aliphatic carboxylic acids is 1. The highest BCUT2D eigenvalue weighted by Crippen LogP contribution is 2.32. The number of hydrogen-bond acceptors (Lipinski definition) is 4. The molecule has 0 saturated carbocycles. The van der Waals surface area contributed by atoms with Crippen LogP contribution in [0.1, 0.15) is 46.8 Å². The molecule has 3 atom stereocenters. The normalized spacial score (nSPS) is 17.1. The number of carboxylic acid groups (broad SMARTS) is 1. The Labute approximate surface area is 189 Å². The van der Waals surface area contributed by atoms with E-state index in [1.54, 1.807) is 0 Å². The van der Waals surface area contributed by atoms with E-state index >= 15 is 0 Å². The number of fused-ring (bicyclic) bond motifs is 1. The minimum absolute atomic E-state index is 0.0558. The van der Waals surface area contributed by atoms with Gasteiger partial charge < -0.3 is 15.7 Å².